The van der Waals surface area contributed by atoms with Gasteiger partial charge in [-0.3, -0.25) is 0 Å². The first kappa shape index (κ1) is 22.3. The Balaban J connectivity index is 0.000000273. The van der Waals surface area contributed by atoms with E-state index in [9.17, 15) is 9.59 Å². The first-order chi connectivity index (χ1) is 12.5. The molecule has 0 aromatic carbocycles. The lowest BCUT2D eigenvalue weighted by Gasteiger charge is -2.14. The van der Waals surface area contributed by atoms with Gasteiger partial charge in [0, 0.05) is 25.4 Å². The fourth-order valence-electron chi connectivity index (χ4n) is 2.43. The van der Waals surface area contributed by atoms with Crippen molar-refractivity contribution < 1.29 is 33.3 Å². The topological polar surface area (TPSA) is 80.3 Å². The molecule has 7 nitrogen and oxygen atoms in total. The van der Waals surface area contributed by atoms with Gasteiger partial charge in [-0.2, -0.15) is 0 Å². The summed E-state index contributed by atoms with van der Waals surface area (Å²) >= 11 is 0. The summed E-state index contributed by atoms with van der Waals surface area (Å²) < 4.78 is 25.7. The molecular weight excluding hydrogens is 340 g/mol. The third-order valence-corrected chi connectivity index (χ3v) is 3.77. The summed E-state index contributed by atoms with van der Waals surface area (Å²) in [6.07, 6.45) is 6.62. The summed E-state index contributed by atoms with van der Waals surface area (Å²) in [5.41, 5.74) is 0. The van der Waals surface area contributed by atoms with Crippen molar-refractivity contribution in [3.05, 3.63) is 25.3 Å². The molecule has 2 rings (SSSR count). The lowest BCUT2D eigenvalue weighted by molar-refractivity contribution is -0.145. The van der Waals surface area contributed by atoms with Gasteiger partial charge < -0.3 is 23.7 Å². The molecule has 2 fully saturated rings. The van der Waals surface area contributed by atoms with Gasteiger partial charge in [-0.1, -0.05) is 13.2 Å². The Bertz CT molecular complexity index is 437. The number of esters is 2. The van der Waals surface area contributed by atoms with Crippen LogP contribution in [0.4, 0.5) is 0 Å². The van der Waals surface area contributed by atoms with Crippen LogP contribution in [0.1, 0.15) is 32.6 Å². The Kier molecular flexibility index (Phi) is 11.6. The predicted molar refractivity (Wildman–Crippen MR) is 95.7 cm³/mol. The SMILES string of the molecule is C=CC(=O)OC(C)COCC1CCCO1.C=CC(=O)OCC1CCCO1. The molecule has 0 aromatic heterocycles. The molecule has 0 aromatic rings. The van der Waals surface area contributed by atoms with Crippen molar-refractivity contribution in [1.29, 1.82) is 0 Å². The van der Waals surface area contributed by atoms with Crippen LogP contribution in [0.15, 0.2) is 25.3 Å². The van der Waals surface area contributed by atoms with Crippen LogP contribution < -0.4 is 0 Å². The van der Waals surface area contributed by atoms with E-state index in [1.165, 1.54) is 0 Å². The van der Waals surface area contributed by atoms with Crippen molar-refractivity contribution in [2.45, 2.75) is 50.9 Å². The first-order valence-corrected chi connectivity index (χ1v) is 8.98. The van der Waals surface area contributed by atoms with Crippen LogP contribution in [0.3, 0.4) is 0 Å². The summed E-state index contributed by atoms with van der Waals surface area (Å²) in [5, 5.41) is 0. The van der Waals surface area contributed by atoms with Crippen LogP contribution in [-0.4, -0.2) is 63.3 Å². The number of hydrogen-bond donors (Lipinski definition) is 0. The maximum atomic E-state index is 10.8. The molecule has 7 heteroatoms. The maximum absolute atomic E-state index is 10.8. The van der Waals surface area contributed by atoms with E-state index >= 15 is 0 Å². The molecule has 0 amide bonds. The predicted octanol–water partition coefficient (Wildman–Crippen LogP) is 2.19. The Morgan fingerprint density at radius 1 is 1.04 bits per heavy atom. The van der Waals surface area contributed by atoms with Crippen LogP contribution >= 0.6 is 0 Å². The molecule has 26 heavy (non-hydrogen) atoms. The Morgan fingerprint density at radius 3 is 2.12 bits per heavy atom. The van der Waals surface area contributed by atoms with Gasteiger partial charge in [-0.15, -0.1) is 0 Å². The van der Waals surface area contributed by atoms with Gasteiger partial charge in [-0.25, -0.2) is 9.59 Å². The van der Waals surface area contributed by atoms with Gasteiger partial charge in [0.05, 0.1) is 25.4 Å². The lowest BCUT2D eigenvalue weighted by Crippen LogP contribution is -2.22. The highest BCUT2D eigenvalue weighted by Crippen LogP contribution is 2.12. The minimum atomic E-state index is -0.414. The fourth-order valence-corrected chi connectivity index (χ4v) is 2.43. The van der Waals surface area contributed by atoms with Gasteiger partial charge in [0.1, 0.15) is 12.7 Å². The molecule has 2 aliphatic rings. The fraction of sp³-hybridized carbons (Fsp3) is 0.684. The third-order valence-electron chi connectivity index (χ3n) is 3.77. The van der Waals surface area contributed by atoms with Crippen LogP contribution in [0.2, 0.25) is 0 Å². The minimum Gasteiger partial charge on any atom is -0.460 e. The number of ether oxygens (including phenoxy) is 5. The van der Waals surface area contributed by atoms with Gasteiger partial charge in [-0.05, 0) is 32.6 Å². The Morgan fingerprint density at radius 2 is 1.62 bits per heavy atom. The highest BCUT2D eigenvalue weighted by molar-refractivity contribution is 5.81. The highest BCUT2D eigenvalue weighted by Gasteiger charge is 2.17. The molecule has 3 atom stereocenters. The molecule has 0 N–H and O–H groups in total. The lowest BCUT2D eigenvalue weighted by atomic mass is 10.2. The van der Waals surface area contributed by atoms with Crippen molar-refractivity contribution in [2.24, 2.45) is 0 Å². The van der Waals surface area contributed by atoms with Crippen molar-refractivity contribution >= 4 is 11.9 Å². The van der Waals surface area contributed by atoms with Gasteiger partial charge in [0.15, 0.2) is 0 Å². The number of hydrogen-bond acceptors (Lipinski definition) is 7. The average Bonchev–Trinajstić information content (AvgIpc) is 3.34. The molecule has 3 unspecified atom stereocenters. The second-order valence-electron chi connectivity index (χ2n) is 6.09. The third kappa shape index (κ3) is 10.3. The van der Waals surface area contributed by atoms with Crippen molar-refractivity contribution in [3.8, 4) is 0 Å². The molecular formula is C19H30O7. The normalized spacial score (nSPS) is 22.7. The second kappa shape index (κ2) is 13.5. The zero-order valence-corrected chi connectivity index (χ0v) is 15.5. The smallest absolute Gasteiger partial charge is 0.330 e. The average molecular weight is 370 g/mol. The van der Waals surface area contributed by atoms with E-state index in [1.54, 1.807) is 6.92 Å². The molecule has 0 bridgehead atoms. The standard InChI is InChI=1S/C11H18O4.C8H12O3/c1-3-11(12)15-9(2)7-13-8-10-5-4-6-14-10;1-2-8(9)11-6-7-4-3-5-10-7/h3,9-10H,1,4-8H2,2H3;2,7H,1,3-6H2. The quantitative estimate of drug-likeness (QED) is 0.455. The summed E-state index contributed by atoms with van der Waals surface area (Å²) in [7, 11) is 0. The largest absolute Gasteiger partial charge is 0.460 e. The second-order valence-corrected chi connectivity index (χ2v) is 6.09. The van der Waals surface area contributed by atoms with E-state index in [0.29, 0.717) is 19.8 Å². The van der Waals surface area contributed by atoms with E-state index < -0.39 is 5.97 Å². The summed E-state index contributed by atoms with van der Waals surface area (Å²) in [4.78, 5) is 21.4. The van der Waals surface area contributed by atoms with Gasteiger partial charge in [0.25, 0.3) is 0 Å². The number of carbonyl (C=O) groups is 2. The van der Waals surface area contributed by atoms with E-state index in [2.05, 4.69) is 13.2 Å². The van der Waals surface area contributed by atoms with E-state index in [0.717, 1.165) is 51.0 Å². The molecule has 2 saturated heterocycles. The van der Waals surface area contributed by atoms with Crippen LogP contribution in [0, 0.1) is 0 Å². The molecule has 0 radical (unpaired) electrons. The minimum absolute atomic E-state index is 0.110. The maximum Gasteiger partial charge on any atom is 0.330 e. The van der Waals surface area contributed by atoms with E-state index in [4.69, 9.17) is 23.7 Å². The molecule has 0 spiro atoms. The molecule has 0 aliphatic carbocycles. The molecule has 148 valence electrons. The summed E-state index contributed by atoms with van der Waals surface area (Å²) in [6, 6.07) is 0. The van der Waals surface area contributed by atoms with Crippen molar-refractivity contribution in [3.63, 3.8) is 0 Å². The van der Waals surface area contributed by atoms with Crippen LogP contribution in [0.25, 0.3) is 0 Å². The Labute approximate surface area is 155 Å². The molecule has 2 heterocycles. The monoisotopic (exact) mass is 370 g/mol. The molecule has 0 saturated carbocycles. The van der Waals surface area contributed by atoms with Crippen molar-refractivity contribution in [2.75, 3.05) is 33.0 Å². The van der Waals surface area contributed by atoms with E-state index in [-0.39, 0.29) is 24.3 Å². The van der Waals surface area contributed by atoms with Gasteiger partial charge in [0.2, 0.25) is 0 Å². The van der Waals surface area contributed by atoms with Gasteiger partial charge >= 0.3 is 11.9 Å². The van der Waals surface area contributed by atoms with Crippen LogP contribution in [0.5, 0.6) is 0 Å². The van der Waals surface area contributed by atoms with E-state index in [1.807, 2.05) is 0 Å². The number of rotatable bonds is 9. The molecule has 2 aliphatic heterocycles. The zero-order valence-electron chi connectivity index (χ0n) is 15.5. The first-order valence-electron chi connectivity index (χ1n) is 8.98. The summed E-state index contributed by atoms with van der Waals surface area (Å²) in [6.45, 7) is 11.4. The Hall–Kier alpha value is -1.70. The summed E-state index contributed by atoms with van der Waals surface area (Å²) in [5.74, 6) is -0.788. The zero-order chi connectivity index (χ0) is 19.2. The van der Waals surface area contributed by atoms with Crippen molar-refractivity contribution in [1.82, 2.24) is 0 Å². The number of carbonyl (C=O) groups excluding carboxylic acids is 2. The highest BCUT2D eigenvalue weighted by atomic mass is 16.6. The van der Waals surface area contributed by atoms with Crippen LogP contribution in [-0.2, 0) is 33.3 Å².